The molecule has 0 fully saturated rings. The average molecular weight is 269 g/mol. The summed E-state index contributed by atoms with van der Waals surface area (Å²) in [5, 5.41) is 21.4. The van der Waals surface area contributed by atoms with Crippen molar-refractivity contribution in [3.8, 4) is 11.8 Å². The Morgan fingerprint density at radius 2 is 2.00 bits per heavy atom. The minimum absolute atomic E-state index is 0.148. The molecule has 20 heavy (non-hydrogen) atoms. The van der Waals surface area contributed by atoms with Crippen LogP contribution in [0.15, 0.2) is 28.8 Å². The van der Waals surface area contributed by atoms with Crippen LogP contribution in [0.25, 0.3) is 0 Å². The van der Waals surface area contributed by atoms with E-state index in [1.807, 2.05) is 12.1 Å². The molecule has 102 valence electrons. The molecule has 0 amide bonds. The van der Waals surface area contributed by atoms with Gasteiger partial charge in [0.25, 0.3) is 0 Å². The summed E-state index contributed by atoms with van der Waals surface area (Å²) in [5.41, 5.74) is 0.624. The molecule has 0 radical (unpaired) electrons. The van der Waals surface area contributed by atoms with Crippen LogP contribution >= 0.6 is 0 Å². The number of nitrogens with one attached hydrogen (secondary N) is 1. The van der Waals surface area contributed by atoms with E-state index in [1.54, 1.807) is 26.0 Å². The number of aliphatic hydroxyl groups is 1. The van der Waals surface area contributed by atoms with Gasteiger partial charge in [-0.25, -0.2) is 0 Å². The topological polar surface area (TPSA) is 83.0 Å². The summed E-state index contributed by atoms with van der Waals surface area (Å²) in [4.78, 5) is 3.97. The molecule has 1 aromatic carbocycles. The summed E-state index contributed by atoms with van der Waals surface area (Å²) in [6, 6.07) is 7.25. The second-order valence-corrected chi connectivity index (χ2v) is 4.66. The van der Waals surface area contributed by atoms with Crippen molar-refractivity contribution >= 4 is 5.71 Å². The number of rotatable bonds is 2. The molecule has 0 saturated carbocycles. The van der Waals surface area contributed by atoms with Gasteiger partial charge in [-0.1, -0.05) is 29.1 Å². The van der Waals surface area contributed by atoms with Crippen LogP contribution in [0.3, 0.4) is 0 Å². The van der Waals surface area contributed by atoms with Gasteiger partial charge in [0.2, 0.25) is 11.7 Å². The zero-order valence-corrected chi connectivity index (χ0v) is 11.6. The average Bonchev–Trinajstić information content (AvgIpc) is 2.84. The third kappa shape index (κ3) is 3.11. The highest BCUT2D eigenvalue weighted by Gasteiger charge is 2.26. The van der Waals surface area contributed by atoms with Gasteiger partial charge >= 0.3 is 0 Å². The van der Waals surface area contributed by atoms with Crippen molar-refractivity contribution in [2.75, 3.05) is 0 Å². The number of hydrogen-bond acceptors (Lipinski definition) is 5. The standard InChI is InChI=1S/C15H15N3O2/c1-10(16)13-6-4-12(5-7-13)8-9-15(3,19)14-17-11(2)20-18-14/h4-7,16,19H,1-3H3. The molecule has 5 heteroatoms. The van der Waals surface area contributed by atoms with E-state index in [0.29, 0.717) is 11.6 Å². The smallest absolute Gasteiger partial charge is 0.223 e. The Balaban J connectivity index is 2.23. The first-order valence-electron chi connectivity index (χ1n) is 6.10. The van der Waals surface area contributed by atoms with E-state index in [0.717, 1.165) is 11.1 Å². The van der Waals surface area contributed by atoms with Gasteiger partial charge in [0.1, 0.15) is 0 Å². The van der Waals surface area contributed by atoms with Crippen molar-refractivity contribution in [1.29, 1.82) is 5.41 Å². The van der Waals surface area contributed by atoms with Crippen molar-refractivity contribution in [2.24, 2.45) is 0 Å². The van der Waals surface area contributed by atoms with Crippen molar-refractivity contribution in [2.45, 2.75) is 26.4 Å². The fraction of sp³-hybridized carbons (Fsp3) is 0.267. The molecule has 2 rings (SSSR count). The molecule has 5 nitrogen and oxygen atoms in total. The van der Waals surface area contributed by atoms with Crippen molar-refractivity contribution < 1.29 is 9.63 Å². The quantitative estimate of drug-likeness (QED) is 0.645. The van der Waals surface area contributed by atoms with Gasteiger partial charge in [-0.15, -0.1) is 0 Å². The monoisotopic (exact) mass is 269 g/mol. The number of benzene rings is 1. The predicted octanol–water partition coefficient (Wildman–Crippen LogP) is 2.02. The lowest BCUT2D eigenvalue weighted by atomic mass is 10.1. The van der Waals surface area contributed by atoms with Crippen LogP contribution in [-0.4, -0.2) is 21.0 Å². The van der Waals surface area contributed by atoms with Crippen LogP contribution in [0.2, 0.25) is 0 Å². The molecule has 0 aliphatic heterocycles. The van der Waals surface area contributed by atoms with Crippen LogP contribution < -0.4 is 0 Å². The molecule has 0 bridgehead atoms. The van der Waals surface area contributed by atoms with Gasteiger partial charge in [0, 0.05) is 18.2 Å². The second-order valence-electron chi connectivity index (χ2n) is 4.66. The Morgan fingerprint density at radius 3 is 2.50 bits per heavy atom. The first-order valence-corrected chi connectivity index (χ1v) is 6.10. The summed E-state index contributed by atoms with van der Waals surface area (Å²) < 4.78 is 4.83. The Kier molecular flexibility index (Phi) is 3.68. The molecular formula is C15H15N3O2. The maximum absolute atomic E-state index is 10.2. The van der Waals surface area contributed by atoms with Crippen LogP contribution in [0.4, 0.5) is 0 Å². The fourth-order valence-electron chi connectivity index (χ4n) is 1.55. The maximum atomic E-state index is 10.2. The van der Waals surface area contributed by atoms with Gasteiger partial charge in [-0.2, -0.15) is 4.98 Å². The van der Waals surface area contributed by atoms with E-state index < -0.39 is 5.60 Å². The fourth-order valence-corrected chi connectivity index (χ4v) is 1.55. The summed E-state index contributed by atoms with van der Waals surface area (Å²) in [6.07, 6.45) is 0. The highest BCUT2D eigenvalue weighted by molar-refractivity contribution is 5.96. The first-order chi connectivity index (χ1) is 9.38. The van der Waals surface area contributed by atoms with Gasteiger partial charge in [-0.05, 0) is 31.5 Å². The third-order valence-corrected chi connectivity index (χ3v) is 2.73. The molecule has 0 aliphatic rings. The Morgan fingerprint density at radius 1 is 1.35 bits per heavy atom. The SMILES string of the molecule is CC(=N)c1ccc(C#CC(C)(O)c2noc(C)n2)cc1. The van der Waals surface area contributed by atoms with E-state index in [2.05, 4.69) is 22.0 Å². The van der Waals surface area contributed by atoms with Gasteiger partial charge < -0.3 is 15.0 Å². The van der Waals surface area contributed by atoms with Crippen LogP contribution in [-0.2, 0) is 5.60 Å². The number of nitrogens with zero attached hydrogens (tertiary/aromatic N) is 2. The highest BCUT2D eigenvalue weighted by atomic mass is 16.5. The molecule has 0 spiro atoms. The predicted molar refractivity (Wildman–Crippen MR) is 74.4 cm³/mol. The van der Waals surface area contributed by atoms with Gasteiger partial charge in [0.05, 0.1) is 0 Å². The number of aromatic nitrogens is 2. The minimum Gasteiger partial charge on any atom is -0.371 e. The molecule has 2 N–H and O–H groups in total. The Bertz CT molecular complexity index is 688. The summed E-state index contributed by atoms with van der Waals surface area (Å²) in [7, 11) is 0. The minimum atomic E-state index is -1.46. The second kappa shape index (κ2) is 5.27. The van der Waals surface area contributed by atoms with Crippen molar-refractivity contribution in [1.82, 2.24) is 10.1 Å². The molecular weight excluding hydrogens is 254 g/mol. The lowest BCUT2D eigenvalue weighted by Crippen LogP contribution is -2.20. The number of aryl methyl sites for hydroxylation is 1. The zero-order valence-electron chi connectivity index (χ0n) is 11.6. The van der Waals surface area contributed by atoms with E-state index in [9.17, 15) is 5.11 Å². The normalized spacial score (nSPS) is 13.2. The molecule has 2 aromatic rings. The zero-order chi connectivity index (χ0) is 14.8. The summed E-state index contributed by atoms with van der Waals surface area (Å²) >= 11 is 0. The van der Waals surface area contributed by atoms with Crippen LogP contribution in [0.1, 0.15) is 36.7 Å². The Hall–Kier alpha value is -2.45. The lowest BCUT2D eigenvalue weighted by Gasteiger charge is -2.09. The molecule has 0 aliphatic carbocycles. The number of hydrogen-bond donors (Lipinski definition) is 2. The lowest BCUT2D eigenvalue weighted by molar-refractivity contribution is 0.108. The van der Waals surface area contributed by atoms with Gasteiger partial charge in [0.15, 0.2) is 5.60 Å². The van der Waals surface area contributed by atoms with Gasteiger partial charge in [-0.3, -0.25) is 0 Å². The largest absolute Gasteiger partial charge is 0.371 e. The molecule has 1 atom stereocenters. The summed E-state index contributed by atoms with van der Waals surface area (Å²) in [6.45, 7) is 4.89. The molecule has 1 aromatic heterocycles. The summed E-state index contributed by atoms with van der Waals surface area (Å²) in [5.74, 6) is 6.12. The van der Waals surface area contributed by atoms with E-state index >= 15 is 0 Å². The van der Waals surface area contributed by atoms with Crippen molar-refractivity contribution in [3.05, 3.63) is 47.1 Å². The molecule has 1 heterocycles. The van der Waals surface area contributed by atoms with Crippen molar-refractivity contribution in [3.63, 3.8) is 0 Å². The van der Waals surface area contributed by atoms with E-state index in [-0.39, 0.29) is 5.82 Å². The van der Waals surface area contributed by atoms with E-state index in [1.165, 1.54) is 6.92 Å². The van der Waals surface area contributed by atoms with E-state index in [4.69, 9.17) is 9.93 Å². The third-order valence-electron chi connectivity index (χ3n) is 2.73. The maximum Gasteiger partial charge on any atom is 0.223 e. The first kappa shape index (κ1) is 14.0. The Labute approximate surface area is 117 Å². The molecule has 1 unspecified atom stereocenters. The van der Waals surface area contributed by atoms with Crippen LogP contribution in [0, 0.1) is 24.2 Å². The molecule has 0 saturated heterocycles. The highest BCUT2D eigenvalue weighted by Crippen LogP contribution is 2.16. The van der Waals surface area contributed by atoms with Crippen LogP contribution in [0.5, 0.6) is 0 Å².